The largest absolute Gasteiger partial charge is 0.332 e. The molecule has 116 valence electrons. The fourth-order valence-corrected chi connectivity index (χ4v) is 2.62. The first-order valence-electron chi connectivity index (χ1n) is 7.31. The van der Waals surface area contributed by atoms with E-state index in [9.17, 15) is 14.4 Å². The third kappa shape index (κ3) is 2.85. The summed E-state index contributed by atoms with van der Waals surface area (Å²) >= 11 is 0. The van der Waals surface area contributed by atoms with Crippen LogP contribution in [-0.4, -0.2) is 42.6 Å². The summed E-state index contributed by atoms with van der Waals surface area (Å²) in [5, 5.41) is 0. The molecule has 1 aliphatic rings. The van der Waals surface area contributed by atoms with Gasteiger partial charge >= 0.3 is 0 Å². The van der Waals surface area contributed by atoms with E-state index in [1.807, 2.05) is 6.07 Å². The smallest absolute Gasteiger partial charge is 0.256 e. The van der Waals surface area contributed by atoms with Gasteiger partial charge in [0.1, 0.15) is 6.54 Å². The molecule has 0 N–H and O–H groups in total. The lowest BCUT2D eigenvalue weighted by Crippen LogP contribution is -2.40. The number of para-hydroxylation sites is 1. The second-order valence-corrected chi connectivity index (χ2v) is 5.45. The highest BCUT2D eigenvalue weighted by Crippen LogP contribution is 2.25. The second-order valence-electron chi connectivity index (χ2n) is 5.45. The first-order chi connectivity index (χ1) is 11.1. The van der Waals surface area contributed by atoms with Crippen molar-refractivity contribution in [3.8, 4) is 0 Å². The van der Waals surface area contributed by atoms with Gasteiger partial charge in [0, 0.05) is 12.6 Å². The molecule has 3 rings (SSSR count). The number of Topliss-reactive ketones (excluding diaryl/α,β-unsaturated/α-hetero) is 1. The van der Waals surface area contributed by atoms with E-state index in [1.165, 1.54) is 9.80 Å². The maximum absolute atomic E-state index is 12.5. The van der Waals surface area contributed by atoms with Crippen LogP contribution in [0.2, 0.25) is 0 Å². The molecule has 0 aliphatic carbocycles. The average molecular weight is 308 g/mol. The molecule has 23 heavy (non-hydrogen) atoms. The van der Waals surface area contributed by atoms with Crippen LogP contribution < -0.4 is 4.90 Å². The lowest BCUT2D eigenvalue weighted by atomic mass is 10.1. The summed E-state index contributed by atoms with van der Waals surface area (Å²) in [6, 6.07) is 15.7. The Bertz CT molecular complexity index is 771. The van der Waals surface area contributed by atoms with Gasteiger partial charge in [-0.1, -0.05) is 42.5 Å². The maximum atomic E-state index is 12.5. The first-order valence-corrected chi connectivity index (χ1v) is 7.31. The molecule has 1 heterocycles. The van der Waals surface area contributed by atoms with Crippen LogP contribution in [0.5, 0.6) is 0 Å². The zero-order valence-electron chi connectivity index (χ0n) is 12.7. The molecule has 0 atom stereocenters. The van der Waals surface area contributed by atoms with Crippen LogP contribution >= 0.6 is 0 Å². The minimum absolute atomic E-state index is 0.0460. The van der Waals surface area contributed by atoms with Gasteiger partial charge in [0.25, 0.3) is 5.91 Å². The highest BCUT2D eigenvalue weighted by atomic mass is 16.2. The molecule has 2 aromatic rings. The number of anilines is 1. The van der Waals surface area contributed by atoms with Crippen molar-refractivity contribution >= 4 is 23.3 Å². The van der Waals surface area contributed by atoms with Gasteiger partial charge in [0.2, 0.25) is 5.91 Å². The monoisotopic (exact) mass is 308 g/mol. The number of carbonyl (C=O) groups is 3. The number of ketones is 1. The summed E-state index contributed by atoms with van der Waals surface area (Å²) in [7, 11) is 1.58. The molecular formula is C18H16N2O3. The number of likely N-dealkylation sites (N-methyl/N-ethyl adjacent to an activating group) is 1. The summed E-state index contributed by atoms with van der Waals surface area (Å²) in [5.41, 5.74) is 1.46. The molecule has 0 bridgehead atoms. The Morgan fingerprint density at radius 2 is 1.65 bits per heavy atom. The van der Waals surface area contributed by atoms with Crippen molar-refractivity contribution in [1.29, 1.82) is 0 Å². The fourth-order valence-electron chi connectivity index (χ4n) is 2.62. The van der Waals surface area contributed by atoms with Crippen LogP contribution in [0.3, 0.4) is 0 Å². The minimum atomic E-state index is -0.268. The molecule has 0 fully saturated rings. The van der Waals surface area contributed by atoms with Gasteiger partial charge in [-0.05, 0) is 12.1 Å². The van der Waals surface area contributed by atoms with Crippen molar-refractivity contribution in [3.05, 3.63) is 65.7 Å². The van der Waals surface area contributed by atoms with Gasteiger partial charge in [-0.25, -0.2) is 0 Å². The second kappa shape index (κ2) is 6.04. The third-order valence-electron chi connectivity index (χ3n) is 3.84. The van der Waals surface area contributed by atoms with Crippen molar-refractivity contribution in [2.45, 2.75) is 0 Å². The number of amides is 2. The molecule has 0 spiro atoms. The van der Waals surface area contributed by atoms with Crippen LogP contribution in [-0.2, 0) is 4.79 Å². The lowest BCUT2D eigenvalue weighted by molar-refractivity contribution is -0.118. The number of benzene rings is 2. The Kier molecular flexibility index (Phi) is 3.93. The number of fused-ring (bicyclic) bond motifs is 1. The van der Waals surface area contributed by atoms with E-state index in [-0.39, 0.29) is 30.7 Å². The van der Waals surface area contributed by atoms with E-state index in [0.29, 0.717) is 16.8 Å². The zero-order valence-corrected chi connectivity index (χ0v) is 12.7. The SMILES string of the molecule is CN1CC(=O)N(CC(=O)c2ccccc2)c2ccccc2C1=O. The van der Waals surface area contributed by atoms with Crippen molar-refractivity contribution in [2.24, 2.45) is 0 Å². The summed E-state index contributed by atoms with van der Waals surface area (Å²) in [5.74, 6) is -0.649. The van der Waals surface area contributed by atoms with Crippen molar-refractivity contribution in [1.82, 2.24) is 4.90 Å². The molecule has 2 aromatic carbocycles. The Morgan fingerprint density at radius 1 is 1.00 bits per heavy atom. The molecule has 1 aliphatic heterocycles. The van der Waals surface area contributed by atoms with E-state index >= 15 is 0 Å². The highest BCUT2D eigenvalue weighted by molar-refractivity contribution is 6.12. The van der Waals surface area contributed by atoms with Crippen LogP contribution in [0.1, 0.15) is 20.7 Å². The Morgan fingerprint density at radius 3 is 2.39 bits per heavy atom. The average Bonchev–Trinajstić information content (AvgIpc) is 2.67. The Hall–Kier alpha value is -2.95. The quantitative estimate of drug-likeness (QED) is 0.815. The molecule has 5 nitrogen and oxygen atoms in total. The maximum Gasteiger partial charge on any atom is 0.256 e. The van der Waals surface area contributed by atoms with Crippen molar-refractivity contribution in [2.75, 3.05) is 25.0 Å². The predicted molar refractivity (Wildman–Crippen MR) is 86.5 cm³/mol. The fraction of sp³-hybridized carbons (Fsp3) is 0.167. The molecule has 0 radical (unpaired) electrons. The minimum Gasteiger partial charge on any atom is -0.332 e. The number of carbonyl (C=O) groups excluding carboxylic acids is 3. The lowest BCUT2D eigenvalue weighted by Gasteiger charge is -2.21. The Balaban J connectivity index is 1.97. The van der Waals surface area contributed by atoms with E-state index < -0.39 is 0 Å². The van der Waals surface area contributed by atoms with Crippen LogP contribution in [0.25, 0.3) is 0 Å². The molecule has 2 amide bonds. The molecule has 0 unspecified atom stereocenters. The summed E-state index contributed by atoms with van der Waals surface area (Å²) in [4.78, 5) is 40.0. The Labute approximate surface area is 134 Å². The van der Waals surface area contributed by atoms with E-state index in [0.717, 1.165) is 0 Å². The number of nitrogens with zero attached hydrogens (tertiary/aromatic N) is 2. The van der Waals surface area contributed by atoms with Gasteiger partial charge in [0.05, 0.1) is 17.8 Å². The van der Waals surface area contributed by atoms with Gasteiger partial charge < -0.3 is 9.80 Å². The number of rotatable bonds is 3. The van der Waals surface area contributed by atoms with E-state index in [2.05, 4.69) is 0 Å². The molecule has 0 saturated carbocycles. The zero-order chi connectivity index (χ0) is 16.4. The molecule has 0 saturated heterocycles. The van der Waals surface area contributed by atoms with Gasteiger partial charge in [0.15, 0.2) is 5.78 Å². The number of hydrogen-bond acceptors (Lipinski definition) is 3. The standard InChI is InChI=1S/C18H16N2O3/c1-19-12-17(22)20(11-16(21)13-7-3-2-4-8-13)15-10-6-5-9-14(15)18(19)23/h2-10H,11-12H2,1H3. The van der Waals surface area contributed by atoms with Crippen molar-refractivity contribution in [3.63, 3.8) is 0 Å². The predicted octanol–water partition coefficient (Wildman–Crippen LogP) is 1.99. The highest BCUT2D eigenvalue weighted by Gasteiger charge is 2.30. The summed E-state index contributed by atoms with van der Waals surface area (Å²) in [6.07, 6.45) is 0. The summed E-state index contributed by atoms with van der Waals surface area (Å²) in [6.45, 7) is -0.128. The molecule has 5 heteroatoms. The number of hydrogen-bond donors (Lipinski definition) is 0. The van der Waals surface area contributed by atoms with E-state index in [1.54, 1.807) is 55.6 Å². The van der Waals surface area contributed by atoms with Crippen molar-refractivity contribution < 1.29 is 14.4 Å². The van der Waals surface area contributed by atoms with E-state index in [4.69, 9.17) is 0 Å². The van der Waals surface area contributed by atoms with Crippen LogP contribution in [0.4, 0.5) is 5.69 Å². The van der Waals surface area contributed by atoms with Gasteiger partial charge in [-0.2, -0.15) is 0 Å². The van der Waals surface area contributed by atoms with Crippen LogP contribution in [0.15, 0.2) is 54.6 Å². The third-order valence-corrected chi connectivity index (χ3v) is 3.84. The first kappa shape index (κ1) is 15.0. The summed E-state index contributed by atoms with van der Waals surface area (Å²) < 4.78 is 0. The normalized spacial score (nSPS) is 14.5. The van der Waals surface area contributed by atoms with Gasteiger partial charge in [-0.3, -0.25) is 14.4 Å². The molecular weight excluding hydrogens is 292 g/mol. The van der Waals surface area contributed by atoms with Gasteiger partial charge in [-0.15, -0.1) is 0 Å². The van der Waals surface area contributed by atoms with Crippen LogP contribution in [0, 0.1) is 0 Å². The topological polar surface area (TPSA) is 57.7 Å². The molecule has 0 aromatic heterocycles.